The molecule has 2 atom stereocenters. The maximum atomic E-state index is 14.7. The number of nitrogens with one attached hydrogen (secondary N) is 2. The van der Waals surface area contributed by atoms with E-state index in [2.05, 4.69) is 57.9 Å². The number of hydrogen-bond acceptors (Lipinski definition) is 4. The molecular formula is C29H30N4O3. The Labute approximate surface area is 209 Å². The maximum Gasteiger partial charge on any atom is 0.251 e. The zero-order valence-corrected chi connectivity index (χ0v) is 21.1. The number of amides is 1. The number of aromatic nitrogens is 2. The van der Waals surface area contributed by atoms with Gasteiger partial charge in [-0.2, -0.15) is 0 Å². The summed E-state index contributed by atoms with van der Waals surface area (Å²) in [5.41, 5.74) is 5.59. The molecule has 1 spiro atoms. The van der Waals surface area contributed by atoms with Gasteiger partial charge in [-0.1, -0.05) is 13.8 Å². The highest BCUT2D eigenvalue weighted by Crippen LogP contribution is 2.71. The highest BCUT2D eigenvalue weighted by Gasteiger charge is 2.80. The molecule has 0 radical (unpaired) electrons. The Hall–Kier alpha value is -3.45. The van der Waals surface area contributed by atoms with Crippen LogP contribution in [0.3, 0.4) is 0 Å². The number of rotatable bonds is 2. The molecule has 2 saturated heterocycles. The smallest absolute Gasteiger partial charge is 0.251 e. The van der Waals surface area contributed by atoms with Gasteiger partial charge >= 0.3 is 0 Å². The summed E-state index contributed by atoms with van der Waals surface area (Å²) < 4.78 is 11.0. The Balaban J connectivity index is 1.41. The minimum atomic E-state index is -0.719. The molecule has 2 aromatic carbocycles. The molecule has 4 aliphatic heterocycles. The van der Waals surface area contributed by atoms with Gasteiger partial charge in [0.05, 0.1) is 25.6 Å². The summed E-state index contributed by atoms with van der Waals surface area (Å²) in [6.07, 6.45) is 2.66. The molecule has 0 unspecified atom stereocenters. The second kappa shape index (κ2) is 6.27. The summed E-state index contributed by atoms with van der Waals surface area (Å²) in [7, 11) is 3.40. The number of nitrogens with zero attached hydrogens (tertiary/aromatic N) is 2. The molecule has 1 amide bonds. The number of ether oxygens (including phenoxy) is 2. The predicted octanol–water partition coefficient (Wildman–Crippen LogP) is 4.40. The summed E-state index contributed by atoms with van der Waals surface area (Å²) in [6, 6.07) is 12.5. The molecule has 36 heavy (non-hydrogen) atoms. The van der Waals surface area contributed by atoms with E-state index in [0.29, 0.717) is 0 Å². The van der Waals surface area contributed by atoms with Gasteiger partial charge in [-0.05, 0) is 54.7 Å². The molecule has 2 aromatic heterocycles. The lowest BCUT2D eigenvalue weighted by atomic mass is 9.65. The highest BCUT2D eigenvalue weighted by molar-refractivity contribution is 5.98. The Kier molecular flexibility index (Phi) is 3.61. The van der Waals surface area contributed by atoms with Crippen LogP contribution in [-0.4, -0.2) is 53.0 Å². The van der Waals surface area contributed by atoms with Crippen LogP contribution in [0.15, 0.2) is 36.4 Å². The Morgan fingerprint density at radius 1 is 0.833 bits per heavy atom. The van der Waals surface area contributed by atoms with E-state index in [1.54, 1.807) is 14.2 Å². The summed E-state index contributed by atoms with van der Waals surface area (Å²) >= 11 is 0. The van der Waals surface area contributed by atoms with E-state index in [1.807, 2.05) is 12.1 Å². The molecule has 2 fully saturated rings. The van der Waals surface area contributed by atoms with Gasteiger partial charge in [-0.25, -0.2) is 0 Å². The van der Waals surface area contributed by atoms with Gasteiger partial charge in [0.1, 0.15) is 22.7 Å². The SMILES string of the molecule is COc1ccc2c3c([nH]c2c1)[C@]12CC(C)(C)[C@@]4(C(=O)N1CC3)c1[nH]c3cc(OC)ccc3c1CCN24. The molecule has 2 bridgehead atoms. The van der Waals surface area contributed by atoms with Crippen LogP contribution in [0.25, 0.3) is 21.8 Å². The van der Waals surface area contributed by atoms with E-state index in [4.69, 9.17) is 9.47 Å². The molecule has 184 valence electrons. The molecular weight excluding hydrogens is 452 g/mol. The first-order valence-corrected chi connectivity index (χ1v) is 12.8. The third-order valence-corrected chi connectivity index (χ3v) is 9.68. The van der Waals surface area contributed by atoms with Crippen molar-refractivity contribution in [2.75, 3.05) is 27.3 Å². The summed E-state index contributed by atoms with van der Waals surface area (Å²) in [5, 5.41) is 2.44. The lowest BCUT2D eigenvalue weighted by Gasteiger charge is -2.47. The second-order valence-corrected chi connectivity index (χ2v) is 11.5. The Morgan fingerprint density at radius 2 is 1.42 bits per heavy atom. The number of hydrogen-bond donors (Lipinski definition) is 2. The van der Waals surface area contributed by atoms with E-state index >= 15 is 0 Å². The highest BCUT2D eigenvalue weighted by atomic mass is 16.5. The van der Waals surface area contributed by atoms with E-state index < -0.39 is 11.2 Å². The first kappa shape index (κ1) is 20.7. The van der Waals surface area contributed by atoms with Crippen molar-refractivity contribution in [1.29, 1.82) is 0 Å². The molecule has 8 rings (SSSR count). The van der Waals surface area contributed by atoms with E-state index in [9.17, 15) is 4.79 Å². The minimum absolute atomic E-state index is 0.236. The van der Waals surface area contributed by atoms with Gasteiger partial charge < -0.3 is 24.3 Å². The van der Waals surface area contributed by atoms with Crippen LogP contribution in [0.2, 0.25) is 0 Å². The van der Waals surface area contributed by atoms with Gasteiger partial charge in [0.2, 0.25) is 0 Å². The molecule has 6 heterocycles. The standard InChI is InChI=1S/C29H30N4O3/c1-27(2)15-28-24-20(18-7-5-16(35-3)13-22(18)30-24)9-11-32(28)26(34)29(27)25-21(10-12-33(28)29)19-8-6-17(36-4)14-23(19)31-25/h5-8,13-14,30-31H,9-12,15H2,1-4H3/t28-,29+/m1/s1. The molecule has 4 aromatic rings. The average Bonchev–Trinajstić information content (AvgIpc) is 3.55. The quantitative estimate of drug-likeness (QED) is 0.444. The van der Waals surface area contributed by atoms with E-state index in [-0.39, 0.29) is 11.3 Å². The van der Waals surface area contributed by atoms with Crippen molar-refractivity contribution in [2.45, 2.75) is 44.3 Å². The topological polar surface area (TPSA) is 73.6 Å². The number of carbonyl (C=O) groups excluding carboxylic acids is 1. The zero-order chi connectivity index (χ0) is 24.6. The van der Waals surface area contributed by atoms with E-state index in [1.165, 1.54) is 27.6 Å². The molecule has 0 saturated carbocycles. The fraction of sp³-hybridized carbons (Fsp3) is 0.414. The fourth-order valence-corrected chi connectivity index (χ4v) is 8.41. The fourth-order valence-electron chi connectivity index (χ4n) is 8.41. The van der Waals surface area contributed by atoms with Gasteiger partial charge in [-0.15, -0.1) is 0 Å². The normalized spacial score (nSPS) is 27.8. The molecule has 2 N–H and O–H groups in total. The van der Waals surface area contributed by atoms with Crippen molar-refractivity contribution in [3.63, 3.8) is 0 Å². The number of carbonyl (C=O) groups is 1. The van der Waals surface area contributed by atoms with Crippen LogP contribution < -0.4 is 9.47 Å². The van der Waals surface area contributed by atoms with Gasteiger partial charge in [0, 0.05) is 52.4 Å². The first-order chi connectivity index (χ1) is 17.4. The second-order valence-electron chi connectivity index (χ2n) is 11.5. The molecule has 0 aliphatic carbocycles. The Bertz CT molecular complexity index is 1630. The lowest BCUT2D eigenvalue weighted by Crippen LogP contribution is -2.57. The minimum Gasteiger partial charge on any atom is -0.497 e. The van der Waals surface area contributed by atoms with Crippen LogP contribution in [0.4, 0.5) is 0 Å². The molecule has 7 heteroatoms. The summed E-state index contributed by atoms with van der Waals surface area (Å²) in [6.45, 7) is 6.15. The first-order valence-electron chi connectivity index (χ1n) is 12.8. The summed E-state index contributed by atoms with van der Waals surface area (Å²) in [4.78, 5) is 26.9. The van der Waals surface area contributed by atoms with Crippen LogP contribution >= 0.6 is 0 Å². The van der Waals surface area contributed by atoms with Crippen LogP contribution in [0.5, 0.6) is 11.5 Å². The van der Waals surface area contributed by atoms with Crippen LogP contribution in [0, 0.1) is 5.41 Å². The Morgan fingerprint density at radius 3 is 2.06 bits per heavy atom. The number of benzene rings is 2. The number of piperidine rings is 1. The van der Waals surface area contributed by atoms with Crippen molar-refractivity contribution in [1.82, 2.24) is 19.8 Å². The van der Waals surface area contributed by atoms with Crippen LogP contribution in [-0.2, 0) is 28.8 Å². The average molecular weight is 483 g/mol. The van der Waals surface area contributed by atoms with Crippen molar-refractivity contribution in [3.8, 4) is 11.5 Å². The van der Waals surface area contributed by atoms with Gasteiger partial charge in [0.25, 0.3) is 5.91 Å². The van der Waals surface area contributed by atoms with Crippen molar-refractivity contribution in [2.24, 2.45) is 5.41 Å². The third-order valence-electron chi connectivity index (χ3n) is 9.68. The van der Waals surface area contributed by atoms with Crippen molar-refractivity contribution >= 4 is 27.7 Å². The van der Waals surface area contributed by atoms with Gasteiger partial charge in [0.15, 0.2) is 0 Å². The van der Waals surface area contributed by atoms with Crippen LogP contribution in [0.1, 0.15) is 42.8 Å². The number of fused-ring (bicyclic) bond motifs is 6. The number of aromatic amines is 2. The van der Waals surface area contributed by atoms with Crippen molar-refractivity contribution < 1.29 is 14.3 Å². The third kappa shape index (κ3) is 2.00. The number of methoxy groups -OCH3 is 2. The summed E-state index contributed by atoms with van der Waals surface area (Å²) in [5.74, 6) is 1.90. The zero-order valence-electron chi connectivity index (χ0n) is 21.1. The predicted molar refractivity (Wildman–Crippen MR) is 137 cm³/mol. The monoisotopic (exact) mass is 482 g/mol. The largest absolute Gasteiger partial charge is 0.497 e. The maximum absolute atomic E-state index is 14.7. The molecule has 4 aliphatic rings. The molecule has 7 nitrogen and oxygen atoms in total. The number of H-pyrrole nitrogens is 2. The lowest BCUT2D eigenvalue weighted by molar-refractivity contribution is -0.146. The van der Waals surface area contributed by atoms with E-state index in [0.717, 1.165) is 60.6 Å². The van der Waals surface area contributed by atoms with Gasteiger partial charge in [-0.3, -0.25) is 9.69 Å². The van der Waals surface area contributed by atoms with Crippen molar-refractivity contribution in [3.05, 3.63) is 58.9 Å².